The average Bonchev–Trinajstić information content (AvgIpc) is 3.10. The van der Waals surface area contributed by atoms with E-state index in [9.17, 15) is 9.59 Å². The van der Waals surface area contributed by atoms with E-state index in [-0.39, 0.29) is 24.9 Å². The monoisotopic (exact) mass is 373 g/mol. The number of nitrogens with zero attached hydrogens (tertiary/aromatic N) is 4. The number of hydrogen-bond acceptors (Lipinski definition) is 6. The molecule has 8 nitrogen and oxygen atoms in total. The van der Waals surface area contributed by atoms with Gasteiger partial charge in [0.1, 0.15) is 6.04 Å². The van der Waals surface area contributed by atoms with Gasteiger partial charge >= 0.3 is 5.97 Å². The number of nitrogens with one attached hydrogen (secondary N) is 1. The zero-order valence-corrected chi connectivity index (χ0v) is 16.1. The van der Waals surface area contributed by atoms with Crippen LogP contribution < -0.4 is 5.32 Å². The fourth-order valence-electron chi connectivity index (χ4n) is 2.54. The second-order valence-corrected chi connectivity index (χ2v) is 6.73. The Kier molecular flexibility index (Phi) is 7.91. The fraction of sp³-hybridized carbons (Fsp3) is 0.526. The summed E-state index contributed by atoms with van der Waals surface area (Å²) in [7, 11) is 0. The summed E-state index contributed by atoms with van der Waals surface area (Å²) in [4.78, 5) is 24.8. The summed E-state index contributed by atoms with van der Waals surface area (Å²) < 4.78 is 7.00. The number of amides is 1. The van der Waals surface area contributed by atoms with Crippen molar-refractivity contribution in [1.82, 2.24) is 25.5 Å². The number of carbonyl (C=O) groups is 2. The van der Waals surface area contributed by atoms with Crippen molar-refractivity contribution in [2.45, 2.75) is 59.2 Å². The molecule has 0 bridgehead atoms. The van der Waals surface area contributed by atoms with Crippen LogP contribution in [0.4, 0.5) is 0 Å². The maximum Gasteiger partial charge on any atom is 0.329 e. The van der Waals surface area contributed by atoms with Gasteiger partial charge in [0.25, 0.3) is 0 Å². The Bertz CT molecular complexity index is 730. The van der Waals surface area contributed by atoms with Crippen LogP contribution >= 0.6 is 0 Å². The van der Waals surface area contributed by atoms with Crippen LogP contribution in [0.3, 0.4) is 0 Å². The molecule has 2 rings (SSSR count). The molecule has 0 aliphatic rings. The van der Waals surface area contributed by atoms with Crippen molar-refractivity contribution in [2.24, 2.45) is 5.92 Å². The van der Waals surface area contributed by atoms with Crippen molar-refractivity contribution in [3.8, 4) is 0 Å². The lowest BCUT2D eigenvalue weighted by atomic mass is 10.0. The first-order chi connectivity index (χ1) is 13.0. The first kappa shape index (κ1) is 20.5. The van der Waals surface area contributed by atoms with Crippen LogP contribution in [-0.4, -0.2) is 38.1 Å². The van der Waals surface area contributed by atoms with Crippen LogP contribution in [0, 0.1) is 5.92 Å². The smallest absolute Gasteiger partial charge is 0.329 e. The summed E-state index contributed by atoms with van der Waals surface area (Å²) in [6.45, 7) is 6.46. The van der Waals surface area contributed by atoms with Gasteiger partial charge in [-0.2, -0.15) is 0 Å². The first-order valence-electron chi connectivity index (χ1n) is 9.26. The Morgan fingerprint density at radius 2 is 1.96 bits per heavy atom. The van der Waals surface area contributed by atoms with Gasteiger partial charge in [-0.05, 0) is 28.3 Å². The molecule has 0 aliphatic carbocycles. The summed E-state index contributed by atoms with van der Waals surface area (Å²) in [6.07, 6.45) is 2.17. The Hall–Kier alpha value is -2.77. The van der Waals surface area contributed by atoms with Gasteiger partial charge in [0, 0.05) is 6.54 Å². The highest BCUT2D eigenvalue weighted by atomic mass is 16.5. The molecule has 1 aromatic carbocycles. The molecule has 8 heteroatoms. The van der Waals surface area contributed by atoms with E-state index < -0.39 is 12.0 Å². The molecule has 1 heterocycles. The van der Waals surface area contributed by atoms with E-state index >= 15 is 0 Å². The van der Waals surface area contributed by atoms with Crippen molar-refractivity contribution in [3.63, 3.8) is 0 Å². The predicted octanol–water partition coefficient (Wildman–Crippen LogP) is 1.90. The molecule has 0 saturated heterocycles. The molecule has 0 fully saturated rings. The van der Waals surface area contributed by atoms with Crippen molar-refractivity contribution >= 4 is 11.9 Å². The standard InChI is InChI=1S/C19H27N5O3/c1-4-5-11-24-16(21-22-23-24)13-27-19(26)18(14(2)3)20-17(25)12-15-9-7-6-8-10-15/h6-10,14,18H,4-5,11-13H2,1-3H3,(H,20,25)/t18-/m0/s1. The zero-order chi connectivity index (χ0) is 19.6. The topological polar surface area (TPSA) is 99.0 Å². The molecule has 0 saturated carbocycles. The number of hydrogen-bond donors (Lipinski definition) is 1. The zero-order valence-electron chi connectivity index (χ0n) is 16.1. The number of esters is 1. The average molecular weight is 373 g/mol. The molecule has 27 heavy (non-hydrogen) atoms. The molecular formula is C19H27N5O3. The SMILES string of the molecule is CCCCn1nnnc1COC(=O)[C@@H](NC(=O)Cc1ccccc1)C(C)C. The Morgan fingerprint density at radius 3 is 2.63 bits per heavy atom. The maximum absolute atomic E-state index is 12.5. The van der Waals surface area contributed by atoms with E-state index in [2.05, 4.69) is 27.8 Å². The highest BCUT2D eigenvalue weighted by Crippen LogP contribution is 2.08. The summed E-state index contributed by atoms with van der Waals surface area (Å²) in [5, 5.41) is 14.2. The predicted molar refractivity (Wildman–Crippen MR) is 99.4 cm³/mol. The number of tetrazole rings is 1. The van der Waals surface area contributed by atoms with E-state index in [0.717, 1.165) is 18.4 Å². The first-order valence-corrected chi connectivity index (χ1v) is 9.26. The number of benzene rings is 1. The van der Waals surface area contributed by atoms with E-state index in [1.54, 1.807) is 4.68 Å². The summed E-state index contributed by atoms with van der Waals surface area (Å²) >= 11 is 0. The summed E-state index contributed by atoms with van der Waals surface area (Å²) in [5.41, 5.74) is 0.890. The molecule has 2 aromatic rings. The largest absolute Gasteiger partial charge is 0.456 e. The Labute approximate surface area is 159 Å². The molecule has 0 radical (unpaired) electrons. The Balaban J connectivity index is 1.91. The minimum Gasteiger partial charge on any atom is -0.456 e. The molecule has 1 amide bonds. The number of ether oxygens (including phenoxy) is 1. The highest BCUT2D eigenvalue weighted by Gasteiger charge is 2.26. The van der Waals surface area contributed by atoms with Crippen molar-refractivity contribution in [1.29, 1.82) is 0 Å². The Morgan fingerprint density at radius 1 is 1.22 bits per heavy atom. The number of carbonyl (C=O) groups excluding carboxylic acids is 2. The number of rotatable bonds is 10. The lowest BCUT2D eigenvalue weighted by Gasteiger charge is -2.20. The quantitative estimate of drug-likeness (QED) is 0.639. The van der Waals surface area contributed by atoms with Crippen LogP contribution in [0.15, 0.2) is 30.3 Å². The minimum atomic E-state index is -0.721. The van der Waals surface area contributed by atoms with Crippen LogP contribution in [0.2, 0.25) is 0 Å². The summed E-state index contributed by atoms with van der Waals surface area (Å²) in [5.74, 6) is -0.315. The lowest BCUT2D eigenvalue weighted by molar-refractivity contribution is -0.150. The third kappa shape index (κ3) is 6.47. The molecule has 0 unspecified atom stereocenters. The second-order valence-electron chi connectivity index (χ2n) is 6.73. The molecule has 1 atom stereocenters. The molecule has 0 aliphatic heterocycles. The third-order valence-electron chi connectivity index (χ3n) is 4.12. The van der Waals surface area contributed by atoms with Gasteiger partial charge in [0.15, 0.2) is 12.4 Å². The van der Waals surface area contributed by atoms with Crippen LogP contribution in [0.5, 0.6) is 0 Å². The van der Waals surface area contributed by atoms with E-state index in [1.165, 1.54) is 0 Å². The van der Waals surface area contributed by atoms with E-state index in [4.69, 9.17) is 4.74 Å². The van der Waals surface area contributed by atoms with Gasteiger partial charge in [-0.3, -0.25) is 4.79 Å². The third-order valence-corrected chi connectivity index (χ3v) is 4.12. The molecule has 146 valence electrons. The number of aryl methyl sites for hydroxylation is 1. The van der Waals surface area contributed by atoms with Crippen LogP contribution in [0.25, 0.3) is 0 Å². The number of aromatic nitrogens is 4. The molecular weight excluding hydrogens is 346 g/mol. The van der Waals surface area contributed by atoms with Gasteiger partial charge < -0.3 is 10.1 Å². The van der Waals surface area contributed by atoms with Crippen molar-refractivity contribution in [2.75, 3.05) is 0 Å². The van der Waals surface area contributed by atoms with Gasteiger partial charge in [-0.25, -0.2) is 9.48 Å². The van der Waals surface area contributed by atoms with Gasteiger partial charge in [-0.15, -0.1) is 5.10 Å². The van der Waals surface area contributed by atoms with Gasteiger partial charge in [-0.1, -0.05) is 57.5 Å². The lowest BCUT2D eigenvalue weighted by Crippen LogP contribution is -2.45. The van der Waals surface area contributed by atoms with E-state index in [1.807, 2.05) is 44.2 Å². The minimum absolute atomic E-state index is 0.0205. The van der Waals surface area contributed by atoms with E-state index in [0.29, 0.717) is 12.4 Å². The van der Waals surface area contributed by atoms with Crippen LogP contribution in [-0.2, 0) is 33.9 Å². The number of unbranched alkanes of at least 4 members (excludes halogenated alkanes) is 1. The molecule has 1 N–H and O–H groups in total. The van der Waals surface area contributed by atoms with Gasteiger partial charge in [0.05, 0.1) is 6.42 Å². The normalized spacial score (nSPS) is 12.0. The van der Waals surface area contributed by atoms with Gasteiger partial charge in [0.2, 0.25) is 5.91 Å². The fourth-order valence-corrected chi connectivity index (χ4v) is 2.54. The molecule has 0 spiro atoms. The van der Waals surface area contributed by atoms with Crippen molar-refractivity contribution < 1.29 is 14.3 Å². The highest BCUT2D eigenvalue weighted by molar-refractivity contribution is 5.85. The van der Waals surface area contributed by atoms with Crippen molar-refractivity contribution in [3.05, 3.63) is 41.7 Å². The summed E-state index contributed by atoms with van der Waals surface area (Å²) in [6, 6.07) is 8.67. The van der Waals surface area contributed by atoms with Crippen LogP contribution in [0.1, 0.15) is 45.0 Å². The second kappa shape index (κ2) is 10.4. The maximum atomic E-state index is 12.5. The molecule has 1 aromatic heterocycles.